The molecule has 0 aromatic heterocycles. The third kappa shape index (κ3) is 3.67. The lowest BCUT2D eigenvalue weighted by atomic mass is 10.2. The van der Waals surface area contributed by atoms with Crippen LogP contribution in [0.5, 0.6) is 5.75 Å². The summed E-state index contributed by atoms with van der Waals surface area (Å²) in [7, 11) is 0. The van der Waals surface area contributed by atoms with Crippen LogP contribution >= 0.6 is 15.9 Å². The van der Waals surface area contributed by atoms with E-state index in [1.54, 1.807) is 24.3 Å². The maximum Gasteiger partial charge on any atom is 0.255 e. The molecular formula is C11H13BrN2O2. The Morgan fingerprint density at radius 1 is 1.50 bits per heavy atom. The summed E-state index contributed by atoms with van der Waals surface area (Å²) in [6.45, 7) is 0.833. The Morgan fingerprint density at radius 3 is 2.94 bits per heavy atom. The molecule has 1 rings (SSSR count). The first-order chi connectivity index (χ1) is 7.65. The van der Waals surface area contributed by atoms with E-state index in [1.165, 1.54) is 6.07 Å². The fourth-order valence-electron chi connectivity index (χ4n) is 1.12. The van der Waals surface area contributed by atoms with Crippen LogP contribution in [0, 0.1) is 0 Å². The van der Waals surface area contributed by atoms with Crippen molar-refractivity contribution in [1.82, 2.24) is 5.32 Å². The number of aromatic hydroxyl groups is 1. The van der Waals surface area contributed by atoms with E-state index in [0.29, 0.717) is 13.1 Å². The van der Waals surface area contributed by atoms with E-state index in [9.17, 15) is 9.90 Å². The maximum absolute atomic E-state index is 11.6. The topological polar surface area (TPSA) is 75.3 Å². The number of carbonyl (C=O) groups excluding carboxylic acids is 1. The highest BCUT2D eigenvalue weighted by Crippen LogP contribution is 2.21. The van der Waals surface area contributed by atoms with Gasteiger partial charge in [0.1, 0.15) is 5.75 Å². The normalized spacial score (nSPS) is 10.6. The largest absolute Gasteiger partial charge is 0.507 e. The van der Waals surface area contributed by atoms with E-state index < -0.39 is 0 Å². The maximum atomic E-state index is 11.6. The van der Waals surface area contributed by atoms with Crippen LogP contribution in [-0.4, -0.2) is 24.1 Å². The van der Waals surface area contributed by atoms with E-state index in [-0.39, 0.29) is 17.2 Å². The molecule has 1 aromatic rings. The molecule has 4 N–H and O–H groups in total. The van der Waals surface area contributed by atoms with Crippen LogP contribution < -0.4 is 11.1 Å². The molecule has 0 aliphatic rings. The number of amides is 1. The van der Waals surface area contributed by atoms with Gasteiger partial charge >= 0.3 is 0 Å². The summed E-state index contributed by atoms with van der Waals surface area (Å²) < 4.78 is 0.743. The molecular weight excluding hydrogens is 272 g/mol. The van der Waals surface area contributed by atoms with E-state index in [2.05, 4.69) is 21.2 Å². The van der Waals surface area contributed by atoms with Gasteiger partial charge in [-0.05, 0) is 18.2 Å². The number of rotatable bonds is 4. The van der Waals surface area contributed by atoms with Crippen molar-refractivity contribution < 1.29 is 9.90 Å². The minimum atomic E-state index is -0.319. The van der Waals surface area contributed by atoms with Crippen molar-refractivity contribution in [2.24, 2.45) is 5.73 Å². The predicted molar refractivity (Wildman–Crippen MR) is 66.3 cm³/mol. The van der Waals surface area contributed by atoms with E-state index in [1.807, 2.05) is 0 Å². The molecule has 0 saturated carbocycles. The van der Waals surface area contributed by atoms with Gasteiger partial charge in [0.15, 0.2) is 0 Å². The highest BCUT2D eigenvalue weighted by Gasteiger charge is 2.09. The van der Waals surface area contributed by atoms with E-state index in [4.69, 9.17) is 5.73 Å². The quantitative estimate of drug-likeness (QED) is 0.732. The Hall–Kier alpha value is -1.33. The summed E-state index contributed by atoms with van der Waals surface area (Å²) in [5.41, 5.74) is 5.50. The molecule has 0 radical (unpaired) electrons. The zero-order valence-electron chi connectivity index (χ0n) is 8.61. The fraction of sp³-hybridized carbons (Fsp3) is 0.182. The number of phenols is 1. The van der Waals surface area contributed by atoms with Gasteiger partial charge in [0.05, 0.1) is 5.56 Å². The van der Waals surface area contributed by atoms with Crippen LogP contribution in [0.2, 0.25) is 0 Å². The first-order valence-corrected chi connectivity index (χ1v) is 5.56. The zero-order chi connectivity index (χ0) is 12.0. The van der Waals surface area contributed by atoms with Gasteiger partial charge in [0.25, 0.3) is 5.91 Å². The summed E-state index contributed by atoms with van der Waals surface area (Å²) in [5.74, 6) is -0.357. The van der Waals surface area contributed by atoms with Gasteiger partial charge in [-0.1, -0.05) is 28.1 Å². The Bertz CT molecular complexity index is 405. The molecule has 4 nitrogen and oxygen atoms in total. The van der Waals surface area contributed by atoms with Gasteiger partial charge in [-0.2, -0.15) is 0 Å². The van der Waals surface area contributed by atoms with Crippen LogP contribution in [0.15, 0.2) is 34.8 Å². The molecule has 0 saturated heterocycles. The molecule has 1 aromatic carbocycles. The smallest absolute Gasteiger partial charge is 0.255 e. The van der Waals surface area contributed by atoms with Crippen LogP contribution in [0.3, 0.4) is 0 Å². The van der Waals surface area contributed by atoms with Crippen molar-refractivity contribution in [3.8, 4) is 5.75 Å². The average Bonchev–Trinajstić information content (AvgIpc) is 2.27. The number of carbonyl (C=O) groups is 1. The highest BCUT2D eigenvalue weighted by molar-refractivity contribution is 9.10. The molecule has 0 atom stereocenters. The lowest BCUT2D eigenvalue weighted by molar-refractivity contribution is 0.0955. The molecule has 0 unspecified atom stereocenters. The molecule has 0 fully saturated rings. The number of nitrogens with one attached hydrogen (secondary N) is 1. The van der Waals surface area contributed by atoms with Crippen molar-refractivity contribution in [3.05, 3.63) is 40.4 Å². The van der Waals surface area contributed by atoms with Gasteiger partial charge in [0.2, 0.25) is 0 Å². The van der Waals surface area contributed by atoms with Crippen LogP contribution in [0.25, 0.3) is 0 Å². The number of hydrogen-bond acceptors (Lipinski definition) is 3. The number of phenolic OH excluding ortho intramolecular Hbond substituents is 1. The first kappa shape index (κ1) is 12.7. The van der Waals surface area contributed by atoms with Crippen LogP contribution in [0.1, 0.15) is 10.4 Å². The monoisotopic (exact) mass is 284 g/mol. The van der Waals surface area contributed by atoms with Gasteiger partial charge in [0, 0.05) is 17.6 Å². The van der Waals surface area contributed by atoms with Crippen LogP contribution in [-0.2, 0) is 0 Å². The number of hydrogen-bond donors (Lipinski definition) is 3. The summed E-state index contributed by atoms with van der Waals surface area (Å²) in [6, 6.07) is 4.70. The van der Waals surface area contributed by atoms with Crippen molar-refractivity contribution >= 4 is 21.8 Å². The summed E-state index contributed by atoms with van der Waals surface area (Å²) in [5, 5.41) is 12.1. The molecule has 0 aliphatic carbocycles. The Kier molecular flexibility index (Phi) is 5.01. The Balaban J connectivity index is 2.65. The van der Waals surface area contributed by atoms with Gasteiger partial charge in [-0.15, -0.1) is 0 Å². The highest BCUT2D eigenvalue weighted by atomic mass is 79.9. The summed E-state index contributed by atoms with van der Waals surface area (Å²) in [6.07, 6.45) is 3.51. The van der Waals surface area contributed by atoms with E-state index >= 15 is 0 Å². The molecule has 1 amide bonds. The molecule has 0 heterocycles. The molecule has 0 aliphatic heterocycles. The lowest BCUT2D eigenvalue weighted by Gasteiger charge is -2.05. The molecule has 5 heteroatoms. The Morgan fingerprint density at radius 2 is 2.25 bits per heavy atom. The summed E-state index contributed by atoms with van der Waals surface area (Å²) >= 11 is 3.24. The second kappa shape index (κ2) is 6.30. The second-order valence-corrected chi connectivity index (χ2v) is 3.99. The van der Waals surface area contributed by atoms with Gasteiger partial charge in [-0.3, -0.25) is 4.79 Å². The predicted octanol–water partition coefficient (Wildman–Crippen LogP) is 1.40. The SMILES string of the molecule is NC/C=C/CNC(=O)c1cc(Br)ccc1O. The zero-order valence-corrected chi connectivity index (χ0v) is 10.2. The number of halogens is 1. The molecule has 16 heavy (non-hydrogen) atoms. The van der Waals surface area contributed by atoms with Gasteiger partial charge in [-0.25, -0.2) is 0 Å². The number of nitrogens with two attached hydrogens (primary N) is 1. The third-order valence-electron chi connectivity index (χ3n) is 1.89. The van der Waals surface area contributed by atoms with Crippen LogP contribution in [0.4, 0.5) is 0 Å². The van der Waals surface area contributed by atoms with Gasteiger partial charge < -0.3 is 16.2 Å². The summed E-state index contributed by atoms with van der Waals surface area (Å²) in [4.78, 5) is 11.6. The Labute approximate surface area is 102 Å². The number of benzene rings is 1. The standard InChI is InChI=1S/C11H13BrN2O2/c12-8-3-4-10(15)9(7-8)11(16)14-6-2-1-5-13/h1-4,7,15H,5-6,13H2,(H,14,16)/b2-1+. The van der Waals surface area contributed by atoms with Crippen molar-refractivity contribution in [3.63, 3.8) is 0 Å². The molecule has 0 spiro atoms. The first-order valence-electron chi connectivity index (χ1n) is 4.77. The average molecular weight is 285 g/mol. The minimum Gasteiger partial charge on any atom is -0.507 e. The third-order valence-corrected chi connectivity index (χ3v) is 2.38. The van der Waals surface area contributed by atoms with Crippen molar-refractivity contribution in [1.29, 1.82) is 0 Å². The second-order valence-electron chi connectivity index (χ2n) is 3.08. The van der Waals surface area contributed by atoms with Crippen molar-refractivity contribution in [2.75, 3.05) is 13.1 Å². The van der Waals surface area contributed by atoms with E-state index in [0.717, 1.165) is 4.47 Å². The lowest BCUT2D eigenvalue weighted by Crippen LogP contribution is -2.23. The molecule has 0 bridgehead atoms. The fourth-order valence-corrected chi connectivity index (χ4v) is 1.48. The minimum absolute atomic E-state index is 0.0384. The van der Waals surface area contributed by atoms with Crippen molar-refractivity contribution in [2.45, 2.75) is 0 Å². The molecule has 86 valence electrons.